The number of hydrogen-bond donors (Lipinski definition) is 3. The first-order chi connectivity index (χ1) is 4.88. The van der Waals surface area contributed by atoms with Crippen LogP contribution in [-0.4, -0.2) is 19.3 Å². The molecule has 0 radical (unpaired) electrons. The van der Waals surface area contributed by atoms with Crippen LogP contribution in [0.3, 0.4) is 0 Å². The summed E-state index contributed by atoms with van der Waals surface area (Å²) >= 11 is 0. The molecular weight excluding hydrogens is 126 g/mol. The highest BCUT2D eigenvalue weighted by atomic mass is 14.9. The van der Waals surface area contributed by atoms with E-state index in [2.05, 4.69) is 5.32 Å². The first kappa shape index (κ1) is 7.28. The van der Waals surface area contributed by atoms with Gasteiger partial charge in [-0.1, -0.05) is 0 Å². The van der Waals surface area contributed by atoms with Crippen LogP contribution in [0.1, 0.15) is 6.42 Å². The smallest absolute Gasteiger partial charge is 0.0227 e. The minimum absolute atomic E-state index is 0.475. The van der Waals surface area contributed by atoms with Gasteiger partial charge in [0.15, 0.2) is 0 Å². The second-order valence-electron chi connectivity index (χ2n) is 2.50. The average molecular weight is 139 g/mol. The Morgan fingerprint density at radius 2 is 2.50 bits per heavy atom. The molecule has 0 saturated carbocycles. The van der Waals surface area contributed by atoms with Crippen molar-refractivity contribution < 1.29 is 0 Å². The van der Waals surface area contributed by atoms with Crippen molar-refractivity contribution in [3.63, 3.8) is 0 Å². The maximum absolute atomic E-state index is 7.02. The molecule has 1 rings (SSSR count). The Morgan fingerprint density at radius 1 is 1.70 bits per heavy atom. The van der Waals surface area contributed by atoms with Crippen LogP contribution in [0.4, 0.5) is 0 Å². The van der Waals surface area contributed by atoms with Crippen LogP contribution in [0.5, 0.6) is 0 Å². The molecule has 4 N–H and O–H groups in total. The molecule has 0 aromatic carbocycles. The Morgan fingerprint density at radius 3 is 2.90 bits per heavy atom. The molecule has 1 atom stereocenters. The lowest BCUT2D eigenvalue weighted by atomic mass is 10.0. The van der Waals surface area contributed by atoms with Gasteiger partial charge in [-0.05, 0) is 24.7 Å². The summed E-state index contributed by atoms with van der Waals surface area (Å²) in [6, 6.07) is 0. The van der Waals surface area contributed by atoms with Crippen molar-refractivity contribution in [3.05, 3.63) is 11.8 Å². The molecule has 0 spiro atoms. The highest BCUT2D eigenvalue weighted by Crippen LogP contribution is 2.14. The molecule has 1 saturated heterocycles. The van der Waals surface area contributed by atoms with Crippen LogP contribution >= 0.6 is 0 Å². The molecule has 0 bridgehead atoms. The minimum atomic E-state index is 0.475. The van der Waals surface area contributed by atoms with Crippen LogP contribution < -0.4 is 11.1 Å². The zero-order chi connectivity index (χ0) is 7.40. The third-order valence-electron chi connectivity index (χ3n) is 1.89. The summed E-state index contributed by atoms with van der Waals surface area (Å²) in [5.74, 6) is 0.475. The molecule has 56 valence electrons. The van der Waals surface area contributed by atoms with Crippen LogP contribution in [0.15, 0.2) is 11.8 Å². The Hall–Kier alpha value is -0.830. The van der Waals surface area contributed by atoms with E-state index in [-0.39, 0.29) is 0 Å². The SMILES string of the molecule is N=C/C(=C\N)C1CCNC1. The lowest BCUT2D eigenvalue weighted by molar-refractivity contribution is 0.707. The van der Waals surface area contributed by atoms with Crippen molar-refractivity contribution in [2.45, 2.75) is 6.42 Å². The summed E-state index contributed by atoms with van der Waals surface area (Å²) in [5.41, 5.74) is 6.27. The van der Waals surface area contributed by atoms with Gasteiger partial charge >= 0.3 is 0 Å². The van der Waals surface area contributed by atoms with Crippen molar-refractivity contribution in [2.75, 3.05) is 13.1 Å². The quantitative estimate of drug-likeness (QED) is 0.475. The fourth-order valence-corrected chi connectivity index (χ4v) is 1.24. The van der Waals surface area contributed by atoms with E-state index < -0.39 is 0 Å². The van der Waals surface area contributed by atoms with E-state index >= 15 is 0 Å². The number of nitrogens with one attached hydrogen (secondary N) is 2. The number of rotatable bonds is 2. The van der Waals surface area contributed by atoms with E-state index in [4.69, 9.17) is 11.1 Å². The summed E-state index contributed by atoms with van der Waals surface area (Å²) in [4.78, 5) is 0. The van der Waals surface area contributed by atoms with Gasteiger partial charge in [-0.3, -0.25) is 0 Å². The summed E-state index contributed by atoms with van der Waals surface area (Å²) < 4.78 is 0. The van der Waals surface area contributed by atoms with Crippen molar-refractivity contribution in [2.24, 2.45) is 11.7 Å². The Bertz CT molecular complexity index is 145. The summed E-state index contributed by atoms with van der Waals surface area (Å²) in [6.07, 6.45) is 3.99. The molecular formula is C7H13N3. The molecule has 3 nitrogen and oxygen atoms in total. The van der Waals surface area contributed by atoms with Crippen molar-refractivity contribution >= 4 is 6.21 Å². The molecule has 0 aromatic heterocycles. The minimum Gasteiger partial charge on any atom is -0.404 e. The van der Waals surface area contributed by atoms with E-state index in [0.29, 0.717) is 5.92 Å². The highest BCUT2D eigenvalue weighted by molar-refractivity contribution is 5.76. The largest absolute Gasteiger partial charge is 0.404 e. The van der Waals surface area contributed by atoms with E-state index in [1.54, 1.807) is 0 Å². The van der Waals surface area contributed by atoms with Gasteiger partial charge in [0.25, 0.3) is 0 Å². The van der Waals surface area contributed by atoms with Crippen molar-refractivity contribution in [1.82, 2.24) is 5.32 Å². The fourth-order valence-electron chi connectivity index (χ4n) is 1.24. The average Bonchev–Trinajstić information content (AvgIpc) is 2.43. The fraction of sp³-hybridized carbons (Fsp3) is 0.571. The molecule has 0 amide bonds. The first-order valence-corrected chi connectivity index (χ1v) is 3.51. The molecule has 10 heavy (non-hydrogen) atoms. The maximum Gasteiger partial charge on any atom is 0.0227 e. The summed E-state index contributed by atoms with van der Waals surface area (Å²) in [5, 5.41) is 10.2. The van der Waals surface area contributed by atoms with Crippen LogP contribution in [0, 0.1) is 11.3 Å². The van der Waals surface area contributed by atoms with E-state index in [1.165, 1.54) is 12.4 Å². The molecule has 1 heterocycles. The highest BCUT2D eigenvalue weighted by Gasteiger charge is 2.16. The zero-order valence-electron chi connectivity index (χ0n) is 5.93. The van der Waals surface area contributed by atoms with Gasteiger partial charge in [-0.2, -0.15) is 0 Å². The Labute approximate surface area is 60.8 Å². The van der Waals surface area contributed by atoms with Crippen molar-refractivity contribution in [3.8, 4) is 0 Å². The maximum atomic E-state index is 7.02. The normalized spacial score (nSPS) is 26.8. The topological polar surface area (TPSA) is 61.9 Å². The van der Waals surface area contributed by atoms with Crippen LogP contribution in [-0.2, 0) is 0 Å². The molecule has 0 aliphatic carbocycles. The third-order valence-corrected chi connectivity index (χ3v) is 1.89. The second-order valence-corrected chi connectivity index (χ2v) is 2.50. The van der Waals surface area contributed by atoms with E-state index in [0.717, 1.165) is 25.1 Å². The third kappa shape index (κ3) is 1.36. The monoisotopic (exact) mass is 139 g/mol. The van der Waals surface area contributed by atoms with Crippen LogP contribution in [0.2, 0.25) is 0 Å². The summed E-state index contributed by atoms with van der Waals surface area (Å²) in [7, 11) is 0. The van der Waals surface area contributed by atoms with Gasteiger partial charge in [0.1, 0.15) is 0 Å². The Kier molecular flexibility index (Phi) is 2.45. The van der Waals surface area contributed by atoms with E-state index in [1.807, 2.05) is 0 Å². The zero-order valence-corrected chi connectivity index (χ0v) is 5.93. The Balaban J connectivity index is 2.53. The predicted molar refractivity (Wildman–Crippen MR) is 42.0 cm³/mol. The lowest BCUT2D eigenvalue weighted by Crippen LogP contribution is -2.12. The van der Waals surface area contributed by atoms with Crippen molar-refractivity contribution in [1.29, 1.82) is 5.41 Å². The molecule has 1 aliphatic rings. The molecule has 1 aliphatic heterocycles. The summed E-state index contributed by atoms with van der Waals surface area (Å²) in [6.45, 7) is 2.02. The van der Waals surface area contributed by atoms with Gasteiger partial charge < -0.3 is 16.5 Å². The van der Waals surface area contributed by atoms with Gasteiger partial charge in [0, 0.05) is 18.7 Å². The van der Waals surface area contributed by atoms with Gasteiger partial charge in [0.05, 0.1) is 0 Å². The standard InChI is InChI=1S/C7H13N3/c8-3-7(4-9)6-1-2-10-5-6/h3-4,6,8,10H,1-2,5,9H2/b7-4+,8-3?. The molecule has 3 heteroatoms. The number of nitrogens with two attached hydrogens (primary N) is 1. The molecule has 1 unspecified atom stereocenters. The van der Waals surface area contributed by atoms with E-state index in [9.17, 15) is 0 Å². The van der Waals surface area contributed by atoms with Crippen LogP contribution in [0.25, 0.3) is 0 Å². The molecule has 0 aromatic rings. The van der Waals surface area contributed by atoms with Gasteiger partial charge in [0.2, 0.25) is 0 Å². The van der Waals surface area contributed by atoms with Gasteiger partial charge in [-0.25, -0.2) is 0 Å². The molecule has 1 fully saturated rings. The predicted octanol–water partition coefficient (Wildman–Crippen LogP) is 0.0881. The van der Waals surface area contributed by atoms with Gasteiger partial charge in [-0.15, -0.1) is 0 Å². The number of hydrogen-bond acceptors (Lipinski definition) is 3. The second kappa shape index (κ2) is 3.37. The first-order valence-electron chi connectivity index (χ1n) is 3.51. The lowest BCUT2D eigenvalue weighted by Gasteiger charge is -2.06.